The van der Waals surface area contributed by atoms with E-state index in [1.165, 1.54) is 0 Å². The summed E-state index contributed by atoms with van der Waals surface area (Å²) < 4.78 is 0. The van der Waals surface area contributed by atoms with E-state index in [-0.39, 0.29) is 17.0 Å². The number of hydrogen-bond acceptors (Lipinski definition) is 3. The molecule has 1 heterocycles. The molecule has 0 atom stereocenters. The number of aromatic nitrogens is 2. The lowest BCUT2D eigenvalue weighted by molar-refractivity contribution is 0.448. The molecule has 0 fully saturated rings. The second-order valence-corrected chi connectivity index (χ2v) is 6.68. The minimum absolute atomic E-state index is 0.0145. The Kier molecular flexibility index (Phi) is 3.36. The van der Waals surface area contributed by atoms with Gasteiger partial charge >= 0.3 is 0 Å². The normalized spacial score (nSPS) is 11.8. The quantitative estimate of drug-likeness (QED) is 0.430. The van der Waals surface area contributed by atoms with Gasteiger partial charge in [-0.2, -0.15) is 0 Å². The van der Waals surface area contributed by atoms with E-state index in [0.717, 1.165) is 16.6 Å². The maximum atomic E-state index is 10.6. The van der Waals surface area contributed by atoms with Gasteiger partial charge in [-0.1, -0.05) is 32.9 Å². The standard InChI is InChI=1S/C18H20N4O/c1-18(2,3)12-6-4-5-11(15(12)23)17-21-13-8-7-10(16(19)20)9-14(13)22-17/h4-9,23H,1-3H3,(H3,19,20)(H,21,22). The summed E-state index contributed by atoms with van der Waals surface area (Å²) in [6.45, 7) is 6.18. The second kappa shape index (κ2) is 5.12. The van der Waals surface area contributed by atoms with Crippen molar-refractivity contribution in [1.29, 1.82) is 5.41 Å². The number of nitrogens with one attached hydrogen (secondary N) is 2. The summed E-state index contributed by atoms with van der Waals surface area (Å²) in [6.07, 6.45) is 0. The minimum atomic E-state index is -0.159. The number of aromatic amines is 1. The van der Waals surface area contributed by atoms with Crippen molar-refractivity contribution in [2.75, 3.05) is 0 Å². The zero-order chi connectivity index (χ0) is 16.8. The van der Waals surface area contributed by atoms with Crippen molar-refractivity contribution in [2.24, 2.45) is 5.73 Å². The molecule has 1 aromatic heterocycles. The Morgan fingerprint density at radius 1 is 1.22 bits per heavy atom. The number of para-hydroxylation sites is 1. The Balaban J connectivity index is 2.16. The zero-order valence-corrected chi connectivity index (χ0v) is 13.4. The Morgan fingerprint density at radius 2 is 1.96 bits per heavy atom. The van der Waals surface area contributed by atoms with Gasteiger partial charge in [-0.15, -0.1) is 0 Å². The molecule has 0 saturated heterocycles. The van der Waals surface area contributed by atoms with Crippen molar-refractivity contribution in [2.45, 2.75) is 26.2 Å². The molecule has 5 heteroatoms. The van der Waals surface area contributed by atoms with Crippen LogP contribution in [0.5, 0.6) is 5.75 Å². The molecule has 3 rings (SSSR count). The highest BCUT2D eigenvalue weighted by molar-refractivity contribution is 5.98. The van der Waals surface area contributed by atoms with Crippen LogP contribution in [-0.4, -0.2) is 20.9 Å². The van der Waals surface area contributed by atoms with E-state index < -0.39 is 0 Å². The molecule has 3 aromatic rings. The third kappa shape index (κ3) is 2.65. The second-order valence-electron chi connectivity index (χ2n) is 6.68. The lowest BCUT2D eigenvalue weighted by atomic mass is 9.85. The molecule has 0 aliphatic rings. The first kappa shape index (κ1) is 15.1. The molecule has 2 aromatic carbocycles. The summed E-state index contributed by atoms with van der Waals surface area (Å²) in [5, 5.41) is 18.1. The number of benzene rings is 2. The van der Waals surface area contributed by atoms with Crippen LogP contribution in [0.3, 0.4) is 0 Å². The Hall–Kier alpha value is -2.82. The largest absolute Gasteiger partial charge is 0.507 e. The Morgan fingerprint density at radius 3 is 2.61 bits per heavy atom. The monoisotopic (exact) mass is 308 g/mol. The molecule has 0 radical (unpaired) electrons. The summed E-state index contributed by atoms with van der Waals surface area (Å²) in [5.41, 5.74) is 9.10. The first-order valence-electron chi connectivity index (χ1n) is 7.44. The SMILES string of the molecule is CC(C)(C)c1cccc(-c2nc3ccc(C(=N)N)cc3[nH]2)c1O. The first-order chi connectivity index (χ1) is 10.8. The van der Waals surface area contributed by atoms with Crippen molar-refractivity contribution >= 4 is 16.9 Å². The maximum Gasteiger partial charge on any atom is 0.142 e. The van der Waals surface area contributed by atoms with Crippen LogP contribution in [0.15, 0.2) is 36.4 Å². The molecule has 0 aliphatic carbocycles. The number of fused-ring (bicyclic) bond motifs is 1. The molecular formula is C18H20N4O. The summed E-state index contributed by atoms with van der Waals surface area (Å²) in [5.74, 6) is 0.857. The molecule has 5 nitrogen and oxygen atoms in total. The van der Waals surface area contributed by atoms with Crippen molar-refractivity contribution in [1.82, 2.24) is 9.97 Å². The van der Waals surface area contributed by atoms with Gasteiger partial charge in [0.25, 0.3) is 0 Å². The number of imidazole rings is 1. The number of nitrogens with zero attached hydrogens (tertiary/aromatic N) is 1. The fourth-order valence-corrected chi connectivity index (χ4v) is 2.64. The molecule has 0 saturated carbocycles. The van der Waals surface area contributed by atoms with E-state index in [1.807, 2.05) is 24.3 Å². The van der Waals surface area contributed by atoms with Crippen molar-refractivity contribution in [3.05, 3.63) is 47.5 Å². The number of nitrogens with two attached hydrogens (primary N) is 1. The van der Waals surface area contributed by atoms with Gasteiger partial charge in [0.2, 0.25) is 0 Å². The maximum absolute atomic E-state index is 10.6. The lowest BCUT2D eigenvalue weighted by Gasteiger charge is -2.21. The van der Waals surface area contributed by atoms with Crippen molar-refractivity contribution < 1.29 is 5.11 Å². The number of rotatable bonds is 2. The first-order valence-corrected chi connectivity index (χ1v) is 7.44. The van der Waals surface area contributed by atoms with Crippen LogP contribution in [0.4, 0.5) is 0 Å². The molecule has 0 bridgehead atoms. The Labute approximate surface area is 134 Å². The third-order valence-corrected chi connectivity index (χ3v) is 3.89. The highest BCUT2D eigenvalue weighted by atomic mass is 16.3. The summed E-state index contributed by atoms with van der Waals surface area (Å²) in [7, 11) is 0. The zero-order valence-electron chi connectivity index (χ0n) is 13.4. The fraction of sp³-hybridized carbons (Fsp3) is 0.222. The van der Waals surface area contributed by atoms with Crippen molar-refractivity contribution in [3.8, 4) is 17.1 Å². The van der Waals surface area contributed by atoms with Crippen LogP contribution in [0, 0.1) is 5.41 Å². The Bertz CT molecular complexity index is 903. The summed E-state index contributed by atoms with van der Waals surface area (Å²) in [4.78, 5) is 7.74. The van der Waals surface area contributed by atoms with Crippen LogP contribution in [0.1, 0.15) is 31.9 Å². The number of nitrogen functional groups attached to an aromatic ring is 1. The van der Waals surface area contributed by atoms with Gasteiger partial charge in [0, 0.05) is 5.56 Å². The average molecular weight is 308 g/mol. The van der Waals surface area contributed by atoms with Crippen LogP contribution >= 0.6 is 0 Å². The van der Waals surface area contributed by atoms with Gasteiger partial charge in [-0.05, 0) is 35.2 Å². The van der Waals surface area contributed by atoms with E-state index in [2.05, 4.69) is 30.7 Å². The van der Waals surface area contributed by atoms with Gasteiger partial charge in [0.05, 0.1) is 16.6 Å². The van der Waals surface area contributed by atoms with E-state index in [4.69, 9.17) is 11.1 Å². The van der Waals surface area contributed by atoms with Gasteiger partial charge in [-0.3, -0.25) is 5.41 Å². The van der Waals surface area contributed by atoms with Crippen LogP contribution in [0.25, 0.3) is 22.4 Å². The van der Waals surface area contributed by atoms with E-state index in [1.54, 1.807) is 12.1 Å². The van der Waals surface area contributed by atoms with Crippen LogP contribution < -0.4 is 5.73 Å². The topological polar surface area (TPSA) is 98.8 Å². The van der Waals surface area contributed by atoms with Gasteiger partial charge in [0.1, 0.15) is 17.4 Å². The predicted molar refractivity (Wildman–Crippen MR) is 92.9 cm³/mol. The lowest BCUT2D eigenvalue weighted by Crippen LogP contribution is -2.11. The number of H-pyrrole nitrogens is 1. The smallest absolute Gasteiger partial charge is 0.142 e. The average Bonchev–Trinajstić information content (AvgIpc) is 2.88. The predicted octanol–water partition coefficient (Wildman–Crippen LogP) is 3.52. The molecule has 5 N–H and O–H groups in total. The highest BCUT2D eigenvalue weighted by Crippen LogP contribution is 2.37. The summed E-state index contributed by atoms with van der Waals surface area (Å²) in [6, 6.07) is 11.1. The van der Waals surface area contributed by atoms with Crippen LogP contribution in [-0.2, 0) is 5.41 Å². The molecule has 0 aliphatic heterocycles. The highest BCUT2D eigenvalue weighted by Gasteiger charge is 2.21. The number of phenolic OH excluding ortho intramolecular Hbond substituents is 1. The molecule has 0 spiro atoms. The number of amidine groups is 1. The number of aromatic hydroxyl groups is 1. The van der Waals surface area contributed by atoms with Gasteiger partial charge in [-0.25, -0.2) is 4.98 Å². The third-order valence-electron chi connectivity index (χ3n) is 3.89. The summed E-state index contributed by atoms with van der Waals surface area (Å²) >= 11 is 0. The molecule has 0 unspecified atom stereocenters. The fourth-order valence-electron chi connectivity index (χ4n) is 2.64. The molecule has 118 valence electrons. The van der Waals surface area contributed by atoms with Crippen LogP contribution in [0.2, 0.25) is 0 Å². The molecule has 23 heavy (non-hydrogen) atoms. The van der Waals surface area contributed by atoms with Gasteiger partial charge < -0.3 is 15.8 Å². The number of phenols is 1. The molecular weight excluding hydrogens is 288 g/mol. The van der Waals surface area contributed by atoms with Gasteiger partial charge in [0.15, 0.2) is 0 Å². The van der Waals surface area contributed by atoms with E-state index in [0.29, 0.717) is 17.0 Å². The van der Waals surface area contributed by atoms with E-state index >= 15 is 0 Å². The number of hydrogen-bond donors (Lipinski definition) is 4. The minimum Gasteiger partial charge on any atom is -0.507 e. The molecule has 0 amide bonds. The van der Waals surface area contributed by atoms with E-state index in [9.17, 15) is 5.11 Å². The van der Waals surface area contributed by atoms with Crippen molar-refractivity contribution in [3.63, 3.8) is 0 Å².